The van der Waals surface area contributed by atoms with Gasteiger partial charge in [-0.2, -0.15) is 8.78 Å². The van der Waals surface area contributed by atoms with Crippen molar-refractivity contribution in [3.05, 3.63) is 29.8 Å². The Morgan fingerprint density at radius 1 is 1.33 bits per heavy atom. The quantitative estimate of drug-likeness (QED) is 0.849. The molecule has 0 radical (unpaired) electrons. The van der Waals surface area contributed by atoms with Crippen LogP contribution >= 0.6 is 0 Å². The molecule has 0 heterocycles. The lowest BCUT2D eigenvalue weighted by molar-refractivity contribution is -0.0501. The van der Waals surface area contributed by atoms with Crippen molar-refractivity contribution in [3.63, 3.8) is 0 Å². The highest BCUT2D eigenvalue weighted by Gasteiger charge is 2.33. The number of carbonyl (C=O) groups is 1. The van der Waals surface area contributed by atoms with Crippen LogP contribution in [0.5, 0.6) is 5.75 Å². The fourth-order valence-electron chi connectivity index (χ4n) is 2.73. The highest BCUT2D eigenvalue weighted by Crippen LogP contribution is 2.37. The molecule has 21 heavy (non-hydrogen) atoms. The van der Waals surface area contributed by atoms with E-state index in [9.17, 15) is 18.7 Å². The summed E-state index contributed by atoms with van der Waals surface area (Å²) in [6, 6.07) is 5.89. The van der Waals surface area contributed by atoms with Gasteiger partial charge in [0.25, 0.3) is 5.91 Å². The summed E-state index contributed by atoms with van der Waals surface area (Å²) in [4.78, 5) is 12.1. The Morgan fingerprint density at radius 3 is 2.62 bits per heavy atom. The Kier molecular flexibility index (Phi) is 5.12. The van der Waals surface area contributed by atoms with Gasteiger partial charge >= 0.3 is 6.61 Å². The second-order valence-electron chi connectivity index (χ2n) is 5.42. The molecule has 4 nitrogen and oxygen atoms in total. The summed E-state index contributed by atoms with van der Waals surface area (Å²) in [6.07, 6.45) is 3.78. The molecule has 1 aromatic carbocycles. The van der Waals surface area contributed by atoms with Crippen LogP contribution in [-0.2, 0) is 0 Å². The number of alkyl halides is 2. The topological polar surface area (TPSA) is 58.6 Å². The molecule has 1 aliphatic carbocycles. The third-order valence-corrected chi connectivity index (χ3v) is 3.97. The fraction of sp³-hybridized carbons (Fsp3) is 0.533. The second kappa shape index (κ2) is 6.85. The minimum atomic E-state index is -2.97. The zero-order chi connectivity index (χ0) is 15.3. The Labute approximate surface area is 122 Å². The van der Waals surface area contributed by atoms with Gasteiger partial charge in [0.2, 0.25) is 0 Å². The first kappa shape index (κ1) is 15.7. The zero-order valence-electron chi connectivity index (χ0n) is 11.6. The Balaban J connectivity index is 2.03. The van der Waals surface area contributed by atoms with Gasteiger partial charge in [-0.25, -0.2) is 0 Å². The van der Waals surface area contributed by atoms with Crippen LogP contribution in [0.4, 0.5) is 8.78 Å². The second-order valence-corrected chi connectivity index (χ2v) is 5.42. The van der Waals surface area contributed by atoms with Gasteiger partial charge in [0.1, 0.15) is 5.75 Å². The molecule has 1 fully saturated rings. The van der Waals surface area contributed by atoms with Crippen LogP contribution in [0.15, 0.2) is 24.3 Å². The average molecular weight is 299 g/mol. The van der Waals surface area contributed by atoms with Crippen molar-refractivity contribution < 1.29 is 23.4 Å². The van der Waals surface area contributed by atoms with Gasteiger partial charge in [-0.15, -0.1) is 0 Å². The highest BCUT2D eigenvalue weighted by atomic mass is 19.3. The molecule has 0 bridgehead atoms. The average Bonchev–Trinajstić information content (AvgIpc) is 2.94. The monoisotopic (exact) mass is 299 g/mol. The predicted molar refractivity (Wildman–Crippen MR) is 73.4 cm³/mol. The summed E-state index contributed by atoms with van der Waals surface area (Å²) >= 11 is 0. The van der Waals surface area contributed by atoms with Crippen LogP contribution in [0, 0.1) is 5.41 Å². The Hall–Kier alpha value is -1.69. The summed E-state index contributed by atoms with van der Waals surface area (Å²) < 4.78 is 29.0. The molecule has 0 unspecified atom stereocenters. The van der Waals surface area contributed by atoms with Crippen LogP contribution in [0.1, 0.15) is 36.0 Å². The molecule has 116 valence electrons. The molecule has 0 atom stereocenters. The maximum Gasteiger partial charge on any atom is 0.387 e. The van der Waals surface area contributed by atoms with Crippen LogP contribution in [-0.4, -0.2) is 30.8 Å². The van der Waals surface area contributed by atoms with Crippen LogP contribution in [0.25, 0.3) is 0 Å². The van der Waals surface area contributed by atoms with Crippen molar-refractivity contribution in [3.8, 4) is 5.75 Å². The van der Waals surface area contributed by atoms with E-state index in [-0.39, 0.29) is 23.3 Å². The van der Waals surface area contributed by atoms with E-state index in [0.29, 0.717) is 6.54 Å². The van der Waals surface area contributed by atoms with E-state index in [0.717, 1.165) is 25.7 Å². The van der Waals surface area contributed by atoms with Gasteiger partial charge < -0.3 is 15.2 Å². The van der Waals surface area contributed by atoms with Gasteiger partial charge in [0, 0.05) is 12.0 Å². The number of aliphatic hydroxyl groups excluding tert-OH is 1. The zero-order valence-corrected chi connectivity index (χ0v) is 11.6. The molecule has 0 saturated heterocycles. The molecule has 0 spiro atoms. The minimum Gasteiger partial charge on any atom is -0.434 e. The number of carbonyl (C=O) groups excluding carboxylic acids is 1. The van der Waals surface area contributed by atoms with E-state index in [2.05, 4.69) is 10.1 Å². The standard InChI is InChI=1S/C15H19F2NO3/c16-14(17)21-12-6-2-1-5-11(12)13(20)18-9-15(10-19)7-3-4-8-15/h1-2,5-6,14,19H,3-4,7-10H2,(H,18,20). The van der Waals surface area contributed by atoms with E-state index in [1.165, 1.54) is 18.2 Å². The lowest BCUT2D eigenvalue weighted by atomic mass is 9.87. The number of rotatable bonds is 6. The number of halogens is 2. The highest BCUT2D eigenvalue weighted by molar-refractivity contribution is 5.96. The Morgan fingerprint density at radius 2 is 2.00 bits per heavy atom. The fourth-order valence-corrected chi connectivity index (χ4v) is 2.73. The third-order valence-electron chi connectivity index (χ3n) is 3.97. The molecular formula is C15H19F2NO3. The molecule has 1 aromatic rings. The molecule has 1 amide bonds. The van der Waals surface area contributed by atoms with E-state index < -0.39 is 12.5 Å². The summed E-state index contributed by atoms with van der Waals surface area (Å²) in [5.41, 5.74) is -0.211. The number of benzene rings is 1. The number of hydrogen-bond donors (Lipinski definition) is 2. The van der Waals surface area contributed by atoms with E-state index >= 15 is 0 Å². The number of ether oxygens (including phenoxy) is 1. The van der Waals surface area contributed by atoms with Crippen LogP contribution in [0.3, 0.4) is 0 Å². The van der Waals surface area contributed by atoms with Gasteiger partial charge in [-0.05, 0) is 25.0 Å². The maximum atomic E-state index is 12.3. The van der Waals surface area contributed by atoms with E-state index in [1.807, 2.05) is 0 Å². The third kappa shape index (κ3) is 3.91. The number of para-hydroxylation sites is 1. The first-order valence-electron chi connectivity index (χ1n) is 6.99. The summed E-state index contributed by atoms with van der Waals surface area (Å²) in [5.74, 6) is -0.611. The van der Waals surface area contributed by atoms with E-state index in [1.54, 1.807) is 6.07 Å². The summed E-state index contributed by atoms with van der Waals surface area (Å²) in [6.45, 7) is -2.62. The summed E-state index contributed by atoms with van der Waals surface area (Å²) in [7, 11) is 0. The number of aliphatic hydroxyl groups is 1. The summed E-state index contributed by atoms with van der Waals surface area (Å²) in [5, 5.41) is 12.2. The predicted octanol–water partition coefficient (Wildman–Crippen LogP) is 2.57. The minimum absolute atomic E-state index is 0.0163. The number of amides is 1. The largest absolute Gasteiger partial charge is 0.434 e. The van der Waals surface area contributed by atoms with E-state index in [4.69, 9.17) is 0 Å². The van der Waals surface area contributed by atoms with Crippen molar-refractivity contribution in [2.75, 3.05) is 13.2 Å². The Bertz CT molecular complexity index is 488. The SMILES string of the molecule is O=C(NCC1(CO)CCCC1)c1ccccc1OC(F)F. The van der Waals surface area contributed by atoms with Gasteiger partial charge in [0.05, 0.1) is 12.2 Å². The molecule has 0 aromatic heterocycles. The van der Waals surface area contributed by atoms with Gasteiger partial charge in [-0.1, -0.05) is 25.0 Å². The van der Waals surface area contributed by atoms with Crippen molar-refractivity contribution >= 4 is 5.91 Å². The first-order chi connectivity index (χ1) is 10.1. The normalized spacial score (nSPS) is 17.0. The van der Waals surface area contributed by atoms with Crippen molar-refractivity contribution in [2.45, 2.75) is 32.3 Å². The van der Waals surface area contributed by atoms with Crippen LogP contribution < -0.4 is 10.1 Å². The molecule has 2 N–H and O–H groups in total. The molecule has 2 rings (SSSR count). The van der Waals surface area contributed by atoms with Gasteiger partial charge in [-0.3, -0.25) is 4.79 Å². The van der Waals surface area contributed by atoms with Gasteiger partial charge in [0.15, 0.2) is 0 Å². The van der Waals surface area contributed by atoms with Crippen LogP contribution in [0.2, 0.25) is 0 Å². The smallest absolute Gasteiger partial charge is 0.387 e. The lowest BCUT2D eigenvalue weighted by Crippen LogP contribution is -2.38. The molecular weight excluding hydrogens is 280 g/mol. The lowest BCUT2D eigenvalue weighted by Gasteiger charge is -2.26. The van der Waals surface area contributed by atoms with Crippen molar-refractivity contribution in [1.29, 1.82) is 0 Å². The molecule has 1 aliphatic rings. The first-order valence-corrected chi connectivity index (χ1v) is 6.99. The van der Waals surface area contributed by atoms with Crippen molar-refractivity contribution in [1.82, 2.24) is 5.32 Å². The molecule has 6 heteroatoms. The molecule has 0 aliphatic heterocycles. The van der Waals surface area contributed by atoms with Crippen molar-refractivity contribution in [2.24, 2.45) is 5.41 Å². The number of hydrogen-bond acceptors (Lipinski definition) is 3. The molecule has 1 saturated carbocycles. The number of nitrogens with one attached hydrogen (secondary N) is 1. The maximum absolute atomic E-state index is 12.3.